The highest BCUT2D eigenvalue weighted by molar-refractivity contribution is 5.27. The van der Waals surface area contributed by atoms with Crippen molar-refractivity contribution in [2.75, 3.05) is 24.6 Å². The summed E-state index contributed by atoms with van der Waals surface area (Å²) in [6, 6.07) is 0. The minimum absolute atomic E-state index is 0.0183. The predicted octanol–water partition coefficient (Wildman–Crippen LogP) is -1.62. The fraction of sp³-hybridized carbons (Fsp3) is 0.857. The van der Waals surface area contributed by atoms with Crippen molar-refractivity contribution >= 4 is 5.95 Å². The Labute approximate surface area is 80.7 Å². The second kappa shape index (κ2) is 3.89. The van der Waals surface area contributed by atoms with Crippen LogP contribution in [-0.4, -0.2) is 56.6 Å². The van der Waals surface area contributed by atoms with E-state index in [1.807, 2.05) is 4.90 Å². The second-order valence-electron chi connectivity index (χ2n) is 3.46. The molecular weight excluding hydrogens is 186 g/mol. The van der Waals surface area contributed by atoms with Gasteiger partial charge in [0, 0.05) is 19.0 Å². The van der Waals surface area contributed by atoms with E-state index in [2.05, 4.69) is 20.6 Å². The van der Waals surface area contributed by atoms with Gasteiger partial charge in [0.25, 0.3) is 5.95 Å². The number of tetrazole rings is 1. The molecule has 0 bridgehead atoms. The van der Waals surface area contributed by atoms with Crippen LogP contribution in [0.4, 0.5) is 5.95 Å². The van der Waals surface area contributed by atoms with Crippen LogP contribution in [0.1, 0.15) is 6.42 Å². The standard InChI is InChI=1S/C7H13N5O2/c13-4-5-3-12(2-1-6(5)14)7-8-10-11-9-7/h5-6,13-14H,1-4H2,(H,8,9,10,11). The Balaban J connectivity index is 2.03. The summed E-state index contributed by atoms with van der Waals surface area (Å²) < 4.78 is 0. The number of aromatic amines is 1. The second-order valence-corrected chi connectivity index (χ2v) is 3.46. The summed E-state index contributed by atoms with van der Waals surface area (Å²) >= 11 is 0. The molecule has 0 amide bonds. The molecule has 7 nitrogen and oxygen atoms in total. The van der Waals surface area contributed by atoms with Crippen molar-refractivity contribution in [3.05, 3.63) is 0 Å². The zero-order valence-electron chi connectivity index (χ0n) is 7.67. The van der Waals surface area contributed by atoms with Crippen molar-refractivity contribution in [2.24, 2.45) is 5.92 Å². The van der Waals surface area contributed by atoms with Crippen LogP contribution in [0.25, 0.3) is 0 Å². The Morgan fingerprint density at radius 3 is 3.07 bits per heavy atom. The van der Waals surface area contributed by atoms with E-state index in [1.54, 1.807) is 0 Å². The van der Waals surface area contributed by atoms with E-state index in [9.17, 15) is 5.11 Å². The van der Waals surface area contributed by atoms with E-state index in [1.165, 1.54) is 0 Å². The van der Waals surface area contributed by atoms with E-state index < -0.39 is 6.10 Å². The van der Waals surface area contributed by atoms with Crippen LogP contribution in [-0.2, 0) is 0 Å². The van der Waals surface area contributed by atoms with Gasteiger partial charge in [-0.05, 0) is 11.6 Å². The SMILES string of the molecule is OCC1CN(c2nn[nH]n2)CCC1O. The maximum atomic E-state index is 9.53. The van der Waals surface area contributed by atoms with Crippen molar-refractivity contribution < 1.29 is 10.2 Å². The van der Waals surface area contributed by atoms with Crippen molar-refractivity contribution in [3.8, 4) is 0 Å². The Bertz CT molecular complexity index is 278. The molecule has 3 N–H and O–H groups in total. The molecule has 1 saturated heterocycles. The molecule has 0 aromatic carbocycles. The summed E-state index contributed by atoms with van der Waals surface area (Å²) in [7, 11) is 0. The fourth-order valence-electron chi connectivity index (χ4n) is 1.67. The van der Waals surface area contributed by atoms with Gasteiger partial charge in [0.15, 0.2) is 0 Å². The molecule has 2 atom stereocenters. The zero-order chi connectivity index (χ0) is 9.97. The lowest BCUT2D eigenvalue weighted by Gasteiger charge is -2.34. The smallest absolute Gasteiger partial charge is 0.265 e. The highest BCUT2D eigenvalue weighted by atomic mass is 16.3. The van der Waals surface area contributed by atoms with Gasteiger partial charge in [0.1, 0.15) is 0 Å². The normalized spacial score (nSPS) is 28.0. The lowest BCUT2D eigenvalue weighted by Crippen LogP contribution is -2.45. The molecular formula is C7H13N5O2. The van der Waals surface area contributed by atoms with E-state index in [0.717, 1.165) is 0 Å². The van der Waals surface area contributed by atoms with Gasteiger partial charge in [0.05, 0.1) is 12.7 Å². The Kier molecular flexibility index (Phi) is 2.60. The van der Waals surface area contributed by atoms with Gasteiger partial charge >= 0.3 is 0 Å². The van der Waals surface area contributed by atoms with E-state index in [4.69, 9.17) is 5.11 Å². The lowest BCUT2D eigenvalue weighted by atomic mass is 9.96. The van der Waals surface area contributed by atoms with Crippen LogP contribution < -0.4 is 4.90 Å². The van der Waals surface area contributed by atoms with Crippen molar-refractivity contribution in [1.29, 1.82) is 0 Å². The first-order valence-corrected chi connectivity index (χ1v) is 4.58. The largest absolute Gasteiger partial charge is 0.396 e. The van der Waals surface area contributed by atoms with Crippen LogP contribution in [0.3, 0.4) is 0 Å². The lowest BCUT2D eigenvalue weighted by molar-refractivity contribution is 0.0522. The first-order valence-electron chi connectivity index (χ1n) is 4.58. The summed E-state index contributed by atoms with van der Waals surface area (Å²) in [6.07, 6.45) is 0.197. The summed E-state index contributed by atoms with van der Waals surface area (Å²) in [5, 5.41) is 32.1. The number of aliphatic hydroxyl groups is 2. The van der Waals surface area contributed by atoms with E-state index in [-0.39, 0.29) is 12.5 Å². The summed E-state index contributed by atoms with van der Waals surface area (Å²) in [5.41, 5.74) is 0. The van der Waals surface area contributed by atoms with E-state index >= 15 is 0 Å². The number of nitrogens with zero attached hydrogens (tertiary/aromatic N) is 4. The number of nitrogens with one attached hydrogen (secondary N) is 1. The number of rotatable bonds is 2. The minimum Gasteiger partial charge on any atom is -0.396 e. The van der Waals surface area contributed by atoms with Gasteiger partial charge in [-0.15, -0.1) is 5.10 Å². The topological polar surface area (TPSA) is 98.2 Å². The first kappa shape index (κ1) is 9.35. The van der Waals surface area contributed by atoms with Crippen LogP contribution in [0.15, 0.2) is 0 Å². The number of anilines is 1. The summed E-state index contributed by atoms with van der Waals surface area (Å²) in [5.74, 6) is 0.401. The number of aliphatic hydroxyl groups excluding tert-OH is 2. The molecule has 14 heavy (non-hydrogen) atoms. The third-order valence-corrected chi connectivity index (χ3v) is 2.55. The van der Waals surface area contributed by atoms with Crippen LogP contribution >= 0.6 is 0 Å². The molecule has 1 aliphatic rings. The molecule has 0 spiro atoms. The van der Waals surface area contributed by atoms with Crippen molar-refractivity contribution in [3.63, 3.8) is 0 Å². The molecule has 2 rings (SSSR count). The highest BCUT2D eigenvalue weighted by Crippen LogP contribution is 2.19. The minimum atomic E-state index is -0.428. The Morgan fingerprint density at radius 1 is 1.57 bits per heavy atom. The Hall–Kier alpha value is -1.21. The molecule has 0 saturated carbocycles. The van der Waals surface area contributed by atoms with Gasteiger partial charge in [-0.25, -0.2) is 0 Å². The molecule has 7 heteroatoms. The third-order valence-electron chi connectivity index (χ3n) is 2.55. The highest BCUT2D eigenvalue weighted by Gasteiger charge is 2.28. The molecule has 1 fully saturated rings. The molecule has 78 valence electrons. The van der Waals surface area contributed by atoms with Gasteiger partial charge < -0.3 is 15.1 Å². The van der Waals surface area contributed by atoms with Crippen molar-refractivity contribution in [2.45, 2.75) is 12.5 Å². The average Bonchev–Trinajstić information content (AvgIpc) is 2.71. The average molecular weight is 199 g/mol. The van der Waals surface area contributed by atoms with E-state index in [0.29, 0.717) is 25.5 Å². The van der Waals surface area contributed by atoms with Gasteiger partial charge in [-0.2, -0.15) is 5.21 Å². The van der Waals surface area contributed by atoms with Gasteiger partial charge in [-0.3, -0.25) is 0 Å². The molecule has 2 heterocycles. The third kappa shape index (κ3) is 1.68. The molecule has 1 aromatic rings. The predicted molar refractivity (Wildman–Crippen MR) is 47.6 cm³/mol. The quantitative estimate of drug-likeness (QED) is 0.529. The number of aromatic nitrogens is 4. The number of piperidine rings is 1. The van der Waals surface area contributed by atoms with Crippen LogP contribution in [0, 0.1) is 5.92 Å². The van der Waals surface area contributed by atoms with Crippen molar-refractivity contribution in [1.82, 2.24) is 20.6 Å². The number of hydrogen-bond donors (Lipinski definition) is 3. The number of H-pyrrole nitrogens is 1. The van der Waals surface area contributed by atoms with Crippen LogP contribution in [0.5, 0.6) is 0 Å². The van der Waals surface area contributed by atoms with Gasteiger partial charge in [0.2, 0.25) is 0 Å². The monoisotopic (exact) mass is 199 g/mol. The molecule has 1 aromatic heterocycles. The maximum Gasteiger partial charge on any atom is 0.265 e. The first-order chi connectivity index (χ1) is 6.81. The zero-order valence-corrected chi connectivity index (χ0v) is 7.67. The van der Waals surface area contributed by atoms with Crippen LogP contribution in [0.2, 0.25) is 0 Å². The number of hydrogen-bond acceptors (Lipinski definition) is 6. The Morgan fingerprint density at radius 2 is 2.43 bits per heavy atom. The molecule has 0 aliphatic carbocycles. The molecule has 2 unspecified atom stereocenters. The molecule has 1 aliphatic heterocycles. The maximum absolute atomic E-state index is 9.53. The molecule has 0 radical (unpaired) electrons. The fourth-order valence-corrected chi connectivity index (χ4v) is 1.67. The van der Waals surface area contributed by atoms with Gasteiger partial charge in [-0.1, -0.05) is 5.10 Å². The summed E-state index contributed by atoms with van der Waals surface area (Å²) in [6.45, 7) is 1.24. The summed E-state index contributed by atoms with van der Waals surface area (Å²) in [4.78, 5) is 1.90.